The van der Waals surface area contributed by atoms with Gasteiger partial charge in [0.2, 0.25) is 0 Å². The molecule has 0 saturated carbocycles. The van der Waals surface area contributed by atoms with Gasteiger partial charge in [-0.05, 0) is 36.8 Å². The average Bonchev–Trinajstić information content (AvgIpc) is 3.51. The van der Waals surface area contributed by atoms with E-state index in [1.807, 2.05) is 29.8 Å². The minimum absolute atomic E-state index is 0.0414. The van der Waals surface area contributed by atoms with Crippen LogP contribution in [0, 0.1) is 28.4 Å². The van der Waals surface area contributed by atoms with Crippen molar-refractivity contribution in [3.63, 3.8) is 0 Å². The molecule has 0 radical (unpaired) electrons. The number of aliphatic hydroxyl groups is 1. The van der Waals surface area contributed by atoms with Crippen LogP contribution in [0.4, 0.5) is 30.1 Å². The predicted molar refractivity (Wildman–Crippen MR) is 154 cm³/mol. The third-order valence-corrected chi connectivity index (χ3v) is 9.42. The van der Waals surface area contributed by atoms with Crippen molar-refractivity contribution in [3.05, 3.63) is 58.7 Å². The fourth-order valence-electron chi connectivity index (χ4n) is 6.21. The van der Waals surface area contributed by atoms with Gasteiger partial charge < -0.3 is 24.7 Å². The quantitative estimate of drug-likeness (QED) is 0.377. The number of anilines is 3. The summed E-state index contributed by atoms with van der Waals surface area (Å²) in [6.45, 7) is 5.29. The summed E-state index contributed by atoms with van der Waals surface area (Å²) in [6, 6.07) is 9.85. The molecule has 1 N–H and O–H groups in total. The second kappa shape index (κ2) is 9.64. The monoisotopic (exact) mass is 590 g/mol. The van der Waals surface area contributed by atoms with Crippen LogP contribution in [0.5, 0.6) is 0 Å². The average molecular weight is 591 g/mol. The molecule has 0 unspecified atom stereocenters. The van der Waals surface area contributed by atoms with Crippen LogP contribution in [0.1, 0.15) is 17.5 Å². The van der Waals surface area contributed by atoms with Crippen LogP contribution in [-0.4, -0.2) is 88.0 Å². The van der Waals surface area contributed by atoms with Gasteiger partial charge in [0.15, 0.2) is 10.9 Å². The number of thiazole rings is 1. The van der Waals surface area contributed by atoms with Crippen LogP contribution in [-0.2, 0) is 6.42 Å². The highest BCUT2D eigenvalue weighted by molar-refractivity contribution is 7.16. The number of urea groups is 1. The normalized spacial score (nSPS) is 17.7. The number of hydrogen-bond donors (Lipinski definition) is 1. The summed E-state index contributed by atoms with van der Waals surface area (Å²) >= 11 is 1.23. The molecule has 3 saturated heterocycles. The number of hydrogen-bond acceptors (Lipinski definition) is 8. The lowest BCUT2D eigenvalue weighted by atomic mass is 9.72. The van der Waals surface area contributed by atoms with Gasteiger partial charge in [-0.2, -0.15) is 10.4 Å². The highest BCUT2D eigenvalue weighted by atomic mass is 32.1. The van der Waals surface area contributed by atoms with E-state index in [1.54, 1.807) is 26.4 Å². The molecule has 2 amide bonds. The summed E-state index contributed by atoms with van der Waals surface area (Å²) in [5.74, 6) is -0.742. The zero-order valence-electron chi connectivity index (χ0n) is 23.1. The second-order valence-corrected chi connectivity index (χ2v) is 12.4. The molecule has 1 aromatic carbocycles. The van der Waals surface area contributed by atoms with Gasteiger partial charge in [0.1, 0.15) is 22.5 Å². The molecule has 0 bridgehead atoms. The van der Waals surface area contributed by atoms with Gasteiger partial charge in [-0.25, -0.2) is 23.1 Å². The lowest BCUT2D eigenvalue weighted by molar-refractivity contribution is -0.0330. The smallest absolute Gasteiger partial charge is 0.320 e. The van der Waals surface area contributed by atoms with Crippen LogP contribution in [0.2, 0.25) is 0 Å². The summed E-state index contributed by atoms with van der Waals surface area (Å²) in [5, 5.41) is 24.5. The van der Waals surface area contributed by atoms with E-state index in [-0.39, 0.29) is 23.1 Å². The number of pyridine rings is 1. The van der Waals surface area contributed by atoms with E-state index in [4.69, 9.17) is 4.98 Å². The van der Waals surface area contributed by atoms with Gasteiger partial charge in [0.25, 0.3) is 0 Å². The Hall–Kier alpha value is -4.28. The summed E-state index contributed by atoms with van der Waals surface area (Å²) in [6.07, 6.45) is 1.57. The number of aromatic nitrogens is 3. The lowest BCUT2D eigenvalue weighted by Gasteiger charge is -2.61. The Morgan fingerprint density at radius 2 is 1.90 bits per heavy atom. The van der Waals surface area contributed by atoms with Crippen molar-refractivity contribution in [3.8, 4) is 17.3 Å². The molecule has 4 aromatic rings. The molecule has 10 nitrogen and oxygen atoms in total. The molecule has 6 heterocycles. The van der Waals surface area contributed by atoms with Gasteiger partial charge in [0.05, 0.1) is 48.0 Å². The molecular formula is C29H28F2N8O2S. The molecule has 1 spiro atoms. The maximum atomic E-state index is 15.4. The third-order valence-electron chi connectivity index (χ3n) is 8.39. The van der Waals surface area contributed by atoms with Crippen LogP contribution >= 0.6 is 11.3 Å². The van der Waals surface area contributed by atoms with Crippen LogP contribution < -0.4 is 9.80 Å². The van der Waals surface area contributed by atoms with E-state index in [2.05, 4.69) is 11.2 Å². The summed E-state index contributed by atoms with van der Waals surface area (Å²) in [7, 11) is 1.85. The van der Waals surface area contributed by atoms with Crippen molar-refractivity contribution >= 4 is 39.4 Å². The molecule has 3 fully saturated rings. The number of benzene rings is 1. The number of aliphatic hydroxyl groups excluding tert-OH is 1. The number of amides is 2. The highest BCUT2D eigenvalue weighted by Crippen LogP contribution is 2.45. The largest absolute Gasteiger partial charge is 0.389 e. The molecule has 42 heavy (non-hydrogen) atoms. The lowest BCUT2D eigenvalue weighted by Crippen LogP contribution is -2.75. The van der Waals surface area contributed by atoms with E-state index in [1.165, 1.54) is 29.7 Å². The highest BCUT2D eigenvalue weighted by Gasteiger charge is 2.54. The maximum absolute atomic E-state index is 15.4. The molecule has 3 aromatic heterocycles. The first kappa shape index (κ1) is 26.6. The topological polar surface area (TPSA) is 104 Å². The number of carbonyl (C=O) groups excluding carboxylic acids is 1. The number of β-amino-alcohol motifs (C(OH)–C–C–N with tert-alkyl or cyclic N) is 1. The Bertz CT molecular complexity index is 1740. The summed E-state index contributed by atoms with van der Waals surface area (Å²) in [4.78, 5) is 25.0. The van der Waals surface area contributed by atoms with E-state index in [9.17, 15) is 19.6 Å². The minimum Gasteiger partial charge on any atom is -0.389 e. The standard InChI is InChI=1S/C29H28F2N8O2S/c1-3-21-26(35(2)27-33-25(24(9-32)42-27)17-4-6-18(30)7-5-17)23-8-22(20(31)12-39(23)34-21)37-13-29(14-37)15-38(16-29)28(41)36-10-19(40)11-36/h4-8,12,19,40H,3,10-11,13-16H2,1-2H3. The Kier molecular flexibility index (Phi) is 6.11. The van der Waals surface area contributed by atoms with Crippen molar-refractivity contribution in [2.75, 3.05) is 56.1 Å². The van der Waals surface area contributed by atoms with E-state index < -0.39 is 6.10 Å². The van der Waals surface area contributed by atoms with Crippen molar-refractivity contribution in [1.29, 1.82) is 5.26 Å². The number of carbonyl (C=O) groups is 1. The number of fused-ring (bicyclic) bond motifs is 1. The van der Waals surface area contributed by atoms with Crippen LogP contribution in [0.15, 0.2) is 36.5 Å². The zero-order chi connectivity index (χ0) is 29.3. The zero-order valence-corrected chi connectivity index (χ0v) is 23.9. The Labute approximate surface area is 244 Å². The van der Waals surface area contributed by atoms with Gasteiger partial charge in [0, 0.05) is 44.2 Å². The SMILES string of the molecule is CCc1nn2cc(F)c(N3CC4(CN(C(=O)N5CC(O)C5)C4)C3)cc2c1N(C)c1nc(-c2ccc(F)cc2)c(C#N)s1. The molecule has 3 aliphatic rings. The fourth-order valence-corrected chi connectivity index (χ4v) is 7.06. The maximum Gasteiger partial charge on any atom is 0.320 e. The van der Waals surface area contributed by atoms with Gasteiger partial charge >= 0.3 is 6.03 Å². The minimum atomic E-state index is -0.428. The number of rotatable bonds is 5. The number of likely N-dealkylation sites (tertiary alicyclic amines) is 2. The second-order valence-electron chi connectivity index (χ2n) is 11.4. The van der Waals surface area contributed by atoms with Gasteiger partial charge in [-0.3, -0.25) is 0 Å². The molecule has 13 heteroatoms. The van der Waals surface area contributed by atoms with Crippen LogP contribution in [0.25, 0.3) is 16.8 Å². The molecule has 3 aliphatic heterocycles. The Morgan fingerprint density at radius 1 is 1.19 bits per heavy atom. The molecule has 0 atom stereocenters. The van der Waals surface area contributed by atoms with Crippen LogP contribution in [0.3, 0.4) is 0 Å². The first-order valence-corrected chi connectivity index (χ1v) is 14.6. The number of nitriles is 1. The Morgan fingerprint density at radius 3 is 2.55 bits per heavy atom. The predicted octanol–water partition coefficient (Wildman–Crippen LogP) is 3.86. The van der Waals surface area contributed by atoms with E-state index >= 15 is 4.39 Å². The van der Waals surface area contributed by atoms with Crippen molar-refractivity contribution in [2.45, 2.75) is 19.4 Å². The van der Waals surface area contributed by atoms with Crippen molar-refractivity contribution in [2.24, 2.45) is 5.41 Å². The molecule has 0 aliphatic carbocycles. The summed E-state index contributed by atoms with van der Waals surface area (Å²) < 4.78 is 30.4. The molecule has 216 valence electrons. The molecule has 7 rings (SSSR count). The van der Waals surface area contributed by atoms with Crippen molar-refractivity contribution in [1.82, 2.24) is 24.4 Å². The number of nitrogens with zero attached hydrogens (tertiary/aromatic N) is 8. The van der Waals surface area contributed by atoms with Crippen molar-refractivity contribution < 1.29 is 18.7 Å². The summed E-state index contributed by atoms with van der Waals surface area (Å²) in [5.41, 5.74) is 3.81. The van der Waals surface area contributed by atoms with E-state index in [0.717, 1.165) is 11.4 Å². The van der Waals surface area contributed by atoms with Gasteiger partial charge in [-0.1, -0.05) is 18.3 Å². The fraction of sp³-hybridized carbons (Fsp3) is 0.379. The molecular weight excluding hydrogens is 562 g/mol. The third kappa shape index (κ3) is 4.16. The number of halogens is 2. The Balaban J connectivity index is 1.15. The van der Waals surface area contributed by atoms with E-state index in [0.29, 0.717) is 78.2 Å². The number of aryl methyl sites for hydroxylation is 1. The first-order valence-electron chi connectivity index (χ1n) is 13.8. The first-order chi connectivity index (χ1) is 20.2. The van der Waals surface area contributed by atoms with Gasteiger partial charge in [-0.15, -0.1) is 0 Å².